The minimum Gasteiger partial charge on any atom is -0.338 e. The molecule has 0 aliphatic carbocycles. The Morgan fingerprint density at radius 3 is 2.60 bits per heavy atom. The van der Waals surface area contributed by atoms with Crippen LogP contribution in [0, 0.1) is 0 Å². The Morgan fingerprint density at radius 1 is 1.03 bits per heavy atom. The lowest BCUT2D eigenvalue weighted by Crippen LogP contribution is -2.45. The Bertz CT molecular complexity index is 974. The molecule has 0 spiro atoms. The zero-order valence-electron chi connectivity index (χ0n) is 17.5. The van der Waals surface area contributed by atoms with Gasteiger partial charge in [-0.25, -0.2) is 0 Å². The lowest BCUT2D eigenvalue weighted by Gasteiger charge is -2.32. The summed E-state index contributed by atoms with van der Waals surface area (Å²) in [4.78, 5) is 18.5. The van der Waals surface area contributed by atoms with E-state index in [0.29, 0.717) is 23.5 Å². The van der Waals surface area contributed by atoms with E-state index in [2.05, 4.69) is 61.4 Å². The van der Waals surface area contributed by atoms with Gasteiger partial charge < -0.3 is 15.1 Å². The number of H-pyrrole nitrogens is 1. The van der Waals surface area contributed by atoms with E-state index in [0.717, 1.165) is 50.3 Å². The Morgan fingerprint density at radius 2 is 1.83 bits per heavy atom. The molecular weight excluding hydrogens is 376 g/mol. The quantitative estimate of drug-likeness (QED) is 0.625. The van der Waals surface area contributed by atoms with Crippen molar-refractivity contribution in [1.82, 2.24) is 30.0 Å². The summed E-state index contributed by atoms with van der Waals surface area (Å²) < 4.78 is 0. The Labute approximate surface area is 177 Å². The summed E-state index contributed by atoms with van der Waals surface area (Å²) in [5.74, 6) is 2.53. The molecule has 30 heavy (non-hydrogen) atoms. The minimum absolute atomic E-state index is 0.501. The first-order chi connectivity index (χ1) is 14.7. The molecule has 0 saturated carbocycles. The topological polar surface area (TPSA) is 85.9 Å². The summed E-state index contributed by atoms with van der Waals surface area (Å²) in [7, 11) is 2.14. The molecule has 0 bridgehead atoms. The van der Waals surface area contributed by atoms with Crippen molar-refractivity contribution in [2.45, 2.75) is 19.8 Å². The number of nitrogens with one attached hydrogen (secondary N) is 2. The molecule has 3 heterocycles. The number of piperazine rings is 1. The molecule has 0 radical (unpaired) electrons. The molecule has 0 unspecified atom stereocenters. The molecule has 2 aromatic heterocycles. The van der Waals surface area contributed by atoms with Crippen LogP contribution in [0.4, 0.5) is 17.7 Å². The standard InChI is InChI=1S/C22H28N8/c1-3-7-18-16-20(28-27-18)24-21-23-19(11-10-17-8-5-4-6-9-17)25-22(26-21)30-14-12-29(2)13-15-30/h4-6,8-11,16H,3,7,12-15H2,1-2H3,(H2,23,24,25,26,27,28)/b11-10+. The van der Waals surface area contributed by atoms with Gasteiger partial charge in [-0.1, -0.05) is 49.8 Å². The van der Waals surface area contributed by atoms with Crippen LogP contribution < -0.4 is 10.2 Å². The largest absolute Gasteiger partial charge is 0.338 e. The lowest BCUT2D eigenvalue weighted by molar-refractivity contribution is 0.311. The molecule has 1 saturated heterocycles. The third-order valence-corrected chi connectivity index (χ3v) is 5.04. The second kappa shape index (κ2) is 9.49. The lowest BCUT2D eigenvalue weighted by atomic mass is 10.2. The molecule has 4 rings (SSSR count). The Balaban J connectivity index is 1.60. The van der Waals surface area contributed by atoms with Crippen LogP contribution in [0.25, 0.3) is 12.2 Å². The first kappa shape index (κ1) is 20.0. The van der Waals surface area contributed by atoms with E-state index in [9.17, 15) is 0 Å². The fourth-order valence-electron chi connectivity index (χ4n) is 3.33. The van der Waals surface area contributed by atoms with Crippen molar-refractivity contribution in [3.05, 3.63) is 53.5 Å². The number of likely N-dealkylation sites (N-methyl/N-ethyl adjacent to an activating group) is 1. The SMILES string of the molecule is CCCc1cc(Nc2nc(/C=C/c3ccccc3)nc(N3CCN(C)CC3)n2)n[nH]1. The van der Waals surface area contributed by atoms with Gasteiger partial charge >= 0.3 is 0 Å². The highest BCUT2D eigenvalue weighted by Gasteiger charge is 2.18. The van der Waals surface area contributed by atoms with Crippen LogP contribution in [0.3, 0.4) is 0 Å². The van der Waals surface area contributed by atoms with Crippen LogP contribution in [-0.4, -0.2) is 63.3 Å². The van der Waals surface area contributed by atoms with Gasteiger partial charge in [0.15, 0.2) is 11.6 Å². The number of hydrogen-bond acceptors (Lipinski definition) is 7. The molecule has 1 aliphatic heterocycles. The van der Waals surface area contributed by atoms with Crippen LogP contribution in [-0.2, 0) is 6.42 Å². The van der Waals surface area contributed by atoms with Crippen molar-refractivity contribution < 1.29 is 0 Å². The van der Waals surface area contributed by atoms with Crippen LogP contribution >= 0.6 is 0 Å². The van der Waals surface area contributed by atoms with Crippen molar-refractivity contribution in [3.8, 4) is 0 Å². The monoisotopic (exact) mass is 404 g/mol. The number of anilines is 3. The molecule has 0 atom stereocenters. The van der Waals surface area contributed by atoms with E-state index >= 15 is 0 Å². The number of hydrogen-bond donors (Lipinski definition) is 2. The maximum absolute atomic E-state index is 4.70. The summed E-state index contributed by atoms with van der Waals surface area (Å²) in [6.45, 7) is 5.91. The van der Waals surface area contributed by atoms with Gasteiger partial charge in [-0.3, -0.25) is 5.10 Å². The number of benzene rings is 1. The average Bonchev–Trinajstić information content (AvgIpc) is 3.20. The van der Waals surface area contributed by atoms with Crippen molar-refractivity contribution >= 4 is 29.9 Å². The predicted molar refractivity (Wildman–Crippen MR) is 121 cm³/mol. The normalized spacial score (nSPS) is 15.1. The van der Waals surface area contributed by atoms with Gasteiger partial charge in [-0.15, -0.1) is 0 Å². The van der Waals surface area contributed by atoms with Crippen molar-refractivity contribution in [2.24, 2.45) is 0 Å². The molecule has 156 valence electrons. The highest BCUT2D eigenvalue weighted by Crippen LogP contribution is 2.18. The summed E-state index contributed by atoms with van der Waals surface area (Å²) >= 11 is 0. The number of aromatic nitrogens is 5. The van der Waals surface area contributed by atoms with Crippen LogP contribution in [0.1, 0.15) is 30.4 Å². The van der Waals surface area contributed by atoms with E-state index in [-0.39, 0.29) is 0 Å². The molecule has 8 heteroatoms. The second-order valence-electron chi connectivity index (χ2n) is 7.50. The van der Waals surface area contributed by atoms with Crippen molar-refractivity contribution in [3.63, 3.8) is 0 Å². The Hall–Kier alpha value is -3.26. The van der Waals surface area contributed by atoms with Crippen LogP contribution in [0.5, 0.6) is 0 Å². The third-order valence-electron chi connectivity index (χ3n) is 5.04. The fourth-order valence-corrected chi connectivity index (χ4v) is 3.33. The number of aryl methyl sites for hydroxylation is 1. The van der Waals surface area contributed by atoms with Crippen molar-refractivity contribution in [2.75, 3.05) is 43.4 Å². The number of aromatic amines is 1. The molecule has 1 aliphatic rings. The first-order valence-corrected chi connectivity index (χ1v) is 10.4. The zero-order chi connectivity index (χ0) is 20.8. The maximum atomic E-state index is 4.70. The summed E-state index contributed by atoms with van der Waals surface area (Å²) in [5, 5.41) is 10.6. The molecule has 3 aromatic rings. The van der Waals surface area contributed by atoms with Crippen LogP contribution in [0.15, 0.2) is 36.4 Å². The average molecular weight is 405 g/mol. The molecule has 1 fully saturated rings. The summed E-state index contributed by atoms with van der Waals surface area (Å²) in [5.41, 5.74) is 2.20. The van der Waals surface area contributed by atoms with E-state index < -0.39 is 0 Å². The highest BCUT2D eigenvalue weighted by atomic mass is 15.3. The van der Waals surface area contributed by atoms with Gasteiger partial charge in [0, 0.05) is 37.9 Å². The Kier molecular flexibility index (Phi) is 6.34. The number of nitrogens with zero attached hydrogens (tertiary/aromatic N) is 6. The fraction of sp³-hybridized carbons (Fsp3) is 0.364. The molecule has 8 nitrogen and oxygen atoms in total. The summed E-state index contributed by atoms with van der Waals surface area (Å²) in [6.07, 6.45) is 5.97. The van der Waals surface area contributed by atoms with Gasteiger partial charge in [0.05, 0.1) is 0 Å². The minimum atomic E-state index is 0.501. The van der Waals surface area contributed by atoms with Crippen molar-refractivity contribution in [1.29, 1.82) is 0 Å². The zero-order valence-corrected chi connectivity index (χ0v) is 17.5. The van der Waals surface area contributed by atoms with Gasteiger partial charge in [-0.2, -0.15) is 20.1 Å². The molecule has 1 aromatic carbocycles. The smallest absolute Gasteiger partial charge is 0.233 e. The van der Waals surface area contributed by atoms with Gasteiger partial charge in [0.2, 0.25) is 11.9 Å². The predicted octanol–water partition coefficient (Wildman–Crippen LogP) is 3.21. The van der Waals surface area contributed by atoms with Gasteiger partial charge in [0.25, 0.3) is 0 Å². The molecule has 0 amide bonds. The van der Waals surface area contributed by atoms with Gasteiger partial charge in [-0.05, 0) is 25.1 Å². The third kappa shape index (κ3) is 5.21. The first-order valence-electron chi connectivity index (χ1n) is 10.4. The van der Waals surface area contributed by atoms with E-state index in [1.54, 1.807) is 0 Å². The van der Waals surface area contributed by atoms with E-state index in [4.69, 9.17) is 4.98 Å². The highest BCUT2D eigenvalue weighted by molar-refractivity contribution is 5.67. The maximum Gasteiger partial charge on any atom is 0.233 e. The molecular formula is C22H28N8. The van der Waals surface area contributed by atoms with E-state index in [1.807, 2.05) is 36.4 Å². The summed E-state index contributed by atoms with van der Waals surface area (Å²) in [6, 6.07) is 12.1. The molecule has 2 N–H and O–H groups in total. The van der Waals surface area contributed by atoms with E-state index in [1.165, 1.54) is 0 Å². The number of rotatable bonds is 7. The van der Waals surface area contributed by atoms with Gasteiger partial charge in [0.1, 0.15) is 0 Å². The van der Waals surface area contributed by atoms with Crippen LogP contribution in [0.2, 0.25) is 0 Å². The second-order valence-corrected chi connectivity index (χ2v) is 7.50.